The van der Waals surface area contributed by atoms with E-state index in [4.69, 9.17) is 0 Å². The fraction of sp³-hybridized carbons (Fsp3) is 0.538. The summed E-state index contributed by atoms with van der Waals surface area (Å²) in [5, 5.41) is 2.88. The first kappa shape index (κ1) is 11.9. The van der Waals surface area contributed by atoms with Crippen LogP contribution in [0.3, 0.4) is 0 Å². The van der Waals surface area contributed by atoms with Gasteiger partial charge in [-0.05, 0) is 30.4 Å². The number of nitrogens with zero attached hydrogens (tertiary/aromatic N) is 2. The van der Waals surface area contributed by atoms with Crippen molar-refractivity contribution in [1.29, 1.82) is 0 Å². The Morgan fingerprint density at radius 2 is 2.12 bits per heavy atom. The Morgan fingerprint density at radius 3 is 2.71 bits per heavy atom. The van der Waals surface area contributed by atoms with E-state index in [0.29, 0.717) is 11.8 Å². The van der Waals surface area contributed by atoms with E-state index >= 15 is 0 Å². The first-order valence-corrected chi connectivity index (χ1v) is 6.11. The minimum Gasteiger partial charge on any atom is -0.324 e. The van der Waals surface area contributed by atoms with E-state index in [9.17, 15) is 4.79 Å². The van der Waals surface area contributed by atoms with Crippen LogP contribution in [0.1, 0.15) is 20.3 Å². The van der Waals surface area contributed by atoms with Gasteiger partial charge in [-0.1, -0.05) is 13.8 Å². The highest BCUT2D eigenvalue weighted by Crippen LogP contribution is 2.21. The van der Waals surface area contributed by atoms with Crippen LogP contribution in [-0.4, -0.2) is 29.0 Å². The molecule has 2 rings (SSSR count). The Hall–Kier alpha value is -1.58. The largest absolute Gasteiger partial charge is 0.324 e. The number of carbonyl (C=O) groups excluding carboxylic acids is 1. The number of likely N-dealkylation sites (tertiary alicyclic amines) is 1. The molecule has 2 amide bonds. The van der Waals surface area contributed by atoms with E-state index in [2.05, 4.69) is 24.1 Å². The van der Waals surface area contributed by atoms with Crippen molar-refractivity contribution in [2.24, 2.45) is 11.8 Å². The summed E-state index contributed by atoms with van der Waals surface area (Å²) in [5.41, 5.74) is 0.753. The van der Waals surface area contributed by atoms with Crippen molar-refractivity contribution in [3.05, 3.63) is 24.5 Å². The van der Waals surface area contributed by atoms with Gasteiger partial charge in [0.15, 0.2) is 0 Å². The zero-order chi connectivity index (χ0) is 12.3. The van der Waals surface area contributed by atoms with Crippen LogP contribution in [0.5, 0.6) is 0 Å². The SMILES string of the molecule is C[C@H]1C[C@H](C)CN(C(=O)Nc2cccnc2)C1. The maximum atomic E-state index is 12.0. The summed E-state index contributed by atoms with van der Waals surface area (Å²) in [7, 11) is 0. The number of hydrogen-bond donors (Lipinski definition) is 1. The maximum absolute atomic E-state index is 12.0. The quantitative estimate of drug-likeness (QED) is 0.810. The molecule has 1 aromatic rings. The molecule has 0 aliphatic carbocycles. The van der Waals surface area contributed by atoms with Gasteiger partial charge in [0.05, 0.1) is 11.9 Å². The third kappa shape index (κ3) is 3.19. The Morgan fingerprint density at radius 1 is 1.41 bits per heavy atom. The van der Waals surface area contributed by atoms with Crippen molar-refractivity contribution in [2.45, 2.75) is 20.3 Å². The van der Waals surface area contributed by atoms with Crippen LogP contribution in [0.15, 0.2) is 24.5 Å². The average Bonchev–Trinajstić information content (AvgIpc) is 2.29. The van der Waals surface area contributed by atoms with Gasteiger partial charge in [0.25, 0.3) is 0 Å². The van der Waals surface area contributed by atoms with Crippen LogP contribution >= 0.6 is 0 Å². The van der Waals surface area contributed by atoms with Crippen molar-refractivity contribution in [1.82, 2.24) is 9.88 Å². The molecule has 0 bridgehead atoms. The van der Waals surface area contributed by atoms with E-state index in [0.717, 1.165) is 18.8 Å². The molecule has 92 valence electrons. The molecule has 2 heterocycles. The molecule has 0 radical (unpaired) electrons. The second-order valence-electron chi connectivity index (χ2n) is 5.02. The van der Waals surface area contributed by atoms with Gasteiger partial charge in [-0.2, -0.15) is 0 Å². The van der Waals surface area contributed by atoms with Crippen LogP contribution in [0.2, 0.25) is 0 Å². The van der Waals surface area contributed by atoms with Crippen LogP contribution in [0.25, 0.3) is 0 Å². The molecule has 1 N–H and O–H groups in total. The fourth-order valence-corrected chi connectivity index (χ4v) is 2.47. The van der Waals surface area contributed by atoms with Gasteiger partial charge < -0.3 is 10.2 Å². The number of piperidine rings is 1. The molecule has 0 unspecified atom stereocenters. The molecule has 17 heavy (non-hydrogen) atoms. The lowest BCUT2D eigenvalue weighted by Gasteiger charge is -2.34. The molecule has 4 heteroatoms. The number of urea groups is 1. The Kier molecular flexibility index (Phi) is 3.61. The zero-order valence-corrected chi connectivity index (χ0v) is 10.4. The molecule has 0 aromatic carbocycles. The number of anilines is 1. The molecule has 0 saturated carbocycles. The Bertz CT molecular complexity index is 370. The predicted octanol–water partition coefficient (Wildman–Crippen LogP) is 2.59. The molecule has 1 aromatic heterocycles. The van der Waals surface area contributed by atoms with Crippen molar-refractivity contribution in [3.63, 3.8) is 0 Å². The van der Waals surface area contributed by atoms with Gasteiger partial charge in [-0.25, -0.2) is 4.79 Å². The third-order valence-corrected chi connectivity index (χ3v) is 3.07. The summed E-state index contributed by atoms with van der Waals surface area (Å²) < 4.78 is 0. The second-order valence-corrected chi connectivity index (χ2v) is 5.02. The van der Waals surface area contributed by atoms with Crippen LogP contribution < -0.4 is 5.32 Å². The van der Waals surface area contributed by atoms with Crippen LogP contribution in [-0.2, 0) is 0 Å². The highest BCUT2D eigenvalue weighted by atomic mass is 16.2. The average molecular weight is 233 g/mol. The summed E-state index contributed by atoms with van der Waals surface area (Å²) in [4.78, 5) is 17.9. The number of pyridine rings is 1. The summed E-state index contributed by atoms with van der Waals surface area (Å²) >= 11 is 0. The van der Waals surface area contributed by atoms with Crippen molar-refractivity contribution in [3.8, 4) is 0 Å². The summed E-state index contributed by atoms with van der Waals surface area (Å²) in [5.74, 6) is 1.16. The molecule has 4 nitrogen and oxygen atoms in total. The molecule has 1 aliphatic heterocycles. The van der Waals surface area contributed by atoms with Crippen LogP contribution in [0.4, 0.5) is 10.5 Å². The van der Waals surface area contributed by atoms with E-state index in [1.54, 1.807) is 12.4 Å². The van der Waals surface area contributed by atoms with Crippen molar-refractivity contribution < 1.29 is 4.79 Å². The molecular formula is C13H19N3O. The lowest BCUT2D eigenvalue weighted by molar-refractivity contribution is 0.156. The van der Waals surface area contributed by atoms with Gasteiger partial charge in [-0.3, -0.25) is 4.98 Å². The highest BCUT2D eigenvalue weighted by molar-refractivity contribution is 5.89. The summed E-state index contributed by atoms with van der Waals surface area (Å²) in [6.45, 7) is 6.08. The van der Waals surface area contributed by atoms with E-state index < -0.39 is 0 Å². The van der Waals surface area contributed by atoms with Crippen molar-refractivity contribution >= 4 is 11.7 Å². The molecule has 2 atom stereocenters. The Labute approximate surface area is 102 Å². The van der Waals surface area contributed by atoms with E-state index in [1.165, 1.54) is 6.42 Å². The van der Waals surface area contributed by atoms with Gasteiger partial charge in [0, 0.05) is 19.3 Å². The first-order valence-electron chi connectivity index (χ1n) is 6.11. The minimum atomic E-state index is -0.0172. The van der Waals surface area contributed by atoms with Gasteiger partial charge in [0.2, 0.25) is 0 Å². The topological polar surface area (TPSA) is 45.2 Å². The highest BCUT2D eigenvalue weighted by Gasteiger charge is 2.25. The summed E-state index contributed by atoms with van der Waals surface area (Å²) in [6.07, 6.45) is 4.56. The molecular weight excluding hydrogens is 214 g/mol. The monoisotopic (exact) mass is 233 g/mol. The minimum absolute atomic E-state index is 0.0172. The number of aromatic nitrogens is 1. The number of carbonyl (C=O) groups is 1. The third-order valence-electron chi connectivity index (χ3n) is 3.07. The second kappa shape index (κ2) is 5.17. The number of rotatable bonds is 1. The zero-order valence-electron chi connectivity index (χ0n) is 10.4. The van der Waals surface area contributed by atoms with Crippen LogP contribution in [0, 0.1) is 11.8 Å². The normalized spacial score (nSPS) is 24.5. The van der Waals surface area contributed by atoms with Gasteiger partial charge >= 0.3 is 6.03 Å². The van der Waals surface area contributed by atoms with E-state index in [-0.39, 0.29) is 6.03 Å². The predicted molar refractivity (Wildman–Crippen MR) is 67.8 cm³/mol. The van der Waals surface area contributed by atoms with Crippen molar-refractivity contribution in [2.75, 3.05) is 18.4 Å². The molecule has 1 aliphatic rings. The van der Waals surface area contributed by atoms with Gasteiger partial charge in [0.1, 0.15) is 0 Å². The molecule has 1 saturated heterocycles. The number of hydrogen-bond acceptors (Lipinski definition) is 2. The summed E-state index contributed by atoms with van der Waals surface area (Å²) in [6, 6.07) is 3.65. The van der Waals surface area contributed by atoms with E-state index in [1.807, 2.05) is 17.0 Å². The lowest BCUT2D eigenvalue weighted by Crippen LogP contribution is -2.44. The standard InChI is InChI=1S/C13H19N3O/c1-10-6-11(2)9-16(8-10)13(17)15-12-4-3-5-14-7-12/h3-5,7,10-11H,6,8-9H2,1-2H3,(H,15,17)/t10-,11-/m0/s1. The van der Waals surface area contributed by atoms with Gasteiger partial charge in [-0.15, -0.1) is 0 Å². The molecule has 1 fully saturated rings. The lowest BCUT2D eigenvalue weighted by atomic mass is 9.92. The number of amides is 2. The molecule has 0 spiro atoms. The fourth-order valence-electron chi connectivity index (χ4n) is 2.47. The number of nitrogens with one attached hydrogen (secondary N) is 1. The maximum Gasteiger partial charge on any atom is 0.321 e. The first-order chi connectivity index (χ1) is 8.15. The smallest absolute Gasteiger partial charge is 0.321 e. The Balaban J connectivity index is 1.96.